The van der Waals surface area contributed by atoms with Gasteiger partial charge in [0, 0.05) is 12.4 Å². The summed E-state index contributed by atoms with van der Waals surface area (Å²) in [7, 11) is 0. The predicted octanol–water partition coefficient (Wildman–Crippen LogP) is 7.34. The predicted molar refractivity (Wildman–Crippen MR) is 207 cm³/mol. The third kappa shape index (κ3) is 15.5. The van der Waals surface area contributed by atoms with E-state index in [2.05, 4.69) is 95.2 Å². The Morgan fingerprint density at radius 3 is 1.08 bits per heavy atom. The monoisotopic (exact) mass is 956 g/mol. The summed E-state index contributed by atoms with van der Waals surface area (Å²) >= 11 is 19.1. The molecule has 2 aromatic rings. The first-order valence-corrected chi connectivity index (χ1v) is 18.2. The fourth-order valence-electron chi connectivity index (χ4n) is 5.27. The first-order valence-electron chi connectivity index (χ1n) is 16.0. The minimum absolute atomic E-state index is 0. The van der Waals surface area contributed by atoms with Gasteiger partial charge in [-0.25, -0.2) is 0 Å². The molecule has 0 aromatic heterocycles. The van der Waals surface area contributed by atoms with Crippen LogP contribution in [0, 0.1) is 0 Å². The van der Waals surface area contributed by atoms with E-state index in [9.17, 15) is 10.2 Å². The molecule has 0 heterocycles. The number of aliphatic imine (C=N–C) groups is 2. The summed E-state index contributed by atoms with van der Waals surface area (Å²) in [6.07, 6.45) is 7.63. The van der Waals surface area contributed by atoms with Gasteiger partial charge in [0.25, 0.3) is 0 Å². The van der Waals surface area contributed by atoms with Crippen LogP contribution in [0.3, 0.4) is 0 Å². The fourth-order valence-corrected chi connectivity index (χ4v) is 5.27. The summed E-state index contributed by atoms with van der Waals surface area (Å²) in [6.45, 7) is 25.6. The van der Waals surface area contributed by atoms with Crippen molar-refractivity contribution in [1.29, 1.82) is 0 Å². The Bertz CT molecular complexity index is 1220. The zero-order valence-electron chi connectivity index (χ0n) is 30.9. The van der Waals surface area contributed by atoms with Gasteiger partial charge in [-0.3, -0.25) is 9.98 Å². The van der Waals surface area contributed by atoms with E-state index < -0.39 is 0 Å². The van der Waals surface area contributed by atoms with Gasteiger partial charge in [-0.05, 0) is 67.9 Å². The maximum atomic E-state index is 13.5. The quantitative estimate of drug-likeness (QED) is 0.183. The Morgan fingerprint density at radius 2 is 0.854 bits per heavy atom. The maximum absolute atomic E-state index is 13.5. The van der Waals surface area contributed by atoms with E-state index in [1.54, 1.807) is 12.4 Å². The maximum Gasteiger partial charge on any atom is 3.00 e. The van der Waals surface area contributed by atoms with Crippen molar-refractivity contribution < 1.29 is 22.6 Å². The molecule has 0 spiro atoms. The molecule has 1 saturated carbocycles. The van der Waals surface area contributed by atoms with Crippen molar-refractivity contribution >= 4 is 85.0 Å². The number of hydrogen-bond donors (Lipinski definition) is 0. The number of alkyl halides is 4. The smallest absolute Gasteiger partial charge is 1.00 e. The molecule has 1 aliphatic carbocycles. The molecule has 0 amide bonds. The van der Waals surface area contributed by atoms with Crippen LogP contribution < -0.4 is 22.6 Å². The third-order valence-corrected chi connectivity index (χ3v) is 8.09. The summed E-state index contributed by atoms with van der Waals surface area (Å²) < 4.78 is 0. The van der Waals surface area contributed by atoms with Crippen LogP contribution in [0.4, 0.5) is 0 Å². The third-order valence-electron chi connectivity index (χ3n) is 8.09. The van der Waals surface area contributed by atoms with Gasteiger partial charge in [0.15, 0.2) is 0 Å². The van der Waals surface area contributed by atoms with Gasteiger partial charge in [-0.1, -0.05) is 132 Å². The first kappa shape index (κ1) is 49.8. The zero-order chi connectivity index (χ0) is 35.7. The summed E-state index contributed by atoms with van der Waals surface area (Å²) in [6, 6.07) is 8.15. The number of hydrogen-bond acceptors (Lipinski definition) is 4. The summed E-state index contributed by atoms with van der Waals surface area (Å²) in [5.41, 5.74) is 4.62. The van der Waals surface area contributed by atoms with Crippen molar-refractivity contribution in [3.05, 3.63) is 57.6 Å². The van der Waals surface area contributed by atoms with Crippen LogP contribution in [0.5, 0.6) is 11.5 Å². The molecule has 0 bridgehead atoms. The Morgan fingerprint density at radius 1 is 0.583 bits per heavy atom. The Balaban J connectivity index is 0. The van der Waals surface area contributed by atoms with Crippen LogP contribution in [0.1, 0.15) is 142 Å². The molecule has 1 aliphatic rings. The van der Waals surface area contributed by atoms with E-state index in [0.717, 1.165) is 47.9 Å². The van der Waals surface area contributed by atoms with Crippen molar-refractivity contribution in [2.24, 2.45) is 9.98 Å². The van der Waals surface area contributed by atoms with E-state index >= 15 is 0 Å². The van der Waals surface area contributed by atoms with Gasteiger partial charge in [0.05, 0.1) is 22.8 Å². The van der Waals surface area contributed by atoms with E-state index in [4.69, 9.17) is 56.4 Å². The van der Waals surface area contributed by atoms with Crippen LogP contribution in [-0.2, 0) is 21.7 Å². The summed E-state index contributed by atoms with van der Waals surface area (Å²) in [5, 5.41) is 27.3. The molecular formula is C38H56BiCl5N2O2. The second-order valence-electron chi connectivity index (χ2n) is 16.1. The van der Waals surface area contributed by atoms with E-state index in [-0.39, 0.29) is 94.5 Å². The molecule has 3 rings (SSSR count). The number of rotatable bonds is 4. The Labute approximate surface area is 337 Å². The van der Waals surface area contributed by atoms with Crippen molar-refractivity contribution in [2.75, 3.05) is 10.7 Å². The minimum atomic E-state index is -0.248. The van der Waals surface area contributed by atoms with Crippen LogP contribution in [0.15, 0.2) is 34.3 Å². The Kier molecular flexibility index (Phi) is 22.1. The molecule has 0 saturated heterocycles. The van der Waals surface area contributed by atoms with Gasteiger partial charge in [-0.15, -0.1) is 46.4 Å². The SMILES string of the molecule is CC(C)(C)c1cc(C=N[C@H]2CCCC[C@@H]2N=Cc2cc(C(C)(C)C)cc(C(C)(C)C)c2[O-])c([O-])c(C(C)(C)C)c1.ClCCl.ClCCl.[Bi+3].[Cl-]. The molecule has 48 heavy (non-hydrogen) atoms. The number of nitrogens with zero attached hydrogens (tertiary/aromatic N) is 2. The van der Waals surface area contributed by atoms with Gasteiger partial charge < -0.3 is 22.6 Å². The topological polar surface area (TPSA) is 70.8 Å². The van der Waals surface area contributed by atoms with E-state index in [1.165, 1.54) is 0 Å². The van der Waals surface area contributed by atoms with Crippen LogP contribution in [-0.4, -0.2) is 61.4 Å². The van der Waals surface area contributed by atoms with Crippen LogP contribution in [0.25, 0.3) is 0 Å². The standard InChI is InChI=1S/C36H54N2O2.2CH2Cl2.Bi.ClH/c1-33(2,3)25-17-23(31(39)27(19-25)35(7,8)9)21-37-29-15-13-14-16-30(29)38-22-24-18-26(34(4,5)6)20-28(32(24)40)36(10,11)12;2*2-1-3;;/h17-22,29-30,39-40H,13-16H2,1-12H3;2*1H2;;1H/q;;;+3;/p-3/t29-,30-;;;;/m0..../s1. The molecule has 10 heteroatoms. The summed E-state index contributed by atoms with van der Waals surface area (Å²) in [4.78, 5) is 9.95. The molecule has 0 N–H and O–H groups in total. The average molecular weight is 959 g/mol. The second kappa shape index (κ2) is 21.3. The first-order chi connectivity index (χ1) is 21.0. The molecule has 2 atom stereocenters. The molecule has 270 valence electrons. The molecule has 0 aliphatic heterocycles. The van der Waals surface area contributed by atoms with Gasteiger partial charge in [-0.2, -0.15) is 0 Å². The van der Waals surface area contributed by atoms with Gasteiger partial charge >= 0.3 is 26.2 Å². The van der Waals surface area contributed by atoms with Crippen LogP contribution >= 0.6 is 46.4 Å². The van der Waals surface area contributed by atoms with Gasteiger partial charge in [0.2, 0.25) is 0 Å². The average Bonchev–Trinajstić information content (AvgIpc) is 2.90. The molecule has 1 fully saturated rings. The number of halogens is 5. The van der Waals surface area contributed by atoms with E-state index in [1.807, 2.05) is 12.1 Å². The van der Waals surface area contributed by atoms with Crippen molar-refractivity contribution in [3.63, 3.8) is 0 Å². The van der Waals surface area contributed by atoms with Crippen molar-refractivity contribution in [2.45, 2.75) is 143 Å². The van der Waals surface area contributed by atoms with Crippen LogP contribution in [0.2, 0.25) is 0 Å². The normalized spacial score (nSPS) is 17.1. The van der Waals surface area contributed by atoms with Gasteiger partial charge in [0.1, 0.15) is 0 Å². The van der Waals surface area contributed by atoms with Crippen molar-refractivity contribution in [1.82, 2.24) is 0 Å². The molecule has 2 aromatic carbocycles. The zero-order valence-corrected chi connectivity index (χ0v) is 38.2. The minimum Gasteiger partial charge on any atom is -1.00 e. The van der Waals surface area contributed by atoms with E-state index in [0.29, 0.717) is 11.1 Å². The molecule has 4 nitrogen and oxygen atoms in total. The fraction of sp³-hybridized carbons (Fsp3) is 0.632. The largest absolute Gasteiger partial charge is 3.00 e. The Hall–Kier alpha value is -0.287. The van der Waals surface area contributed by atoms with Crippen molar-refractivity contribution in [3.8, 4) is 11.5 Å². The molecule has 2 radical (unpaired) electrons. The number of benzene rings is 2. The summed E-state index contributed by atoms with van der Waals surface area (Å²) in [5.74, 6) is 0.120. The second-order valence-corrected chi connectivity index (χ2v) is 17.7. The molecule has 0 unspecified atom stereocenters. The molecular weight excluding hydrogens is 903 g/mol.